The predicted molar refractivity (Wildman–Crippen MR) is 94.3 cm³/mol. The van der Waals surface area contributed by atoms with E-state index in [2.05, 4.69) is 20.6 Å². The third-order valence-electron chi connectivity index (χ3n) is 3.55. The lowest BCUT2D eigenvalue weighted by molar-refractivity contribution is 0.448. The molecule has 0 aliphatic rings. The Morgan fingerprint density at radius 3 is 1.30 bits per heavy atom. The molecule has 0 aliphatic heterocycles. The van der Waals surface area contributed by atoms with Crippen molar-refractivity contribution in [1.29, 1.82) is 0 Å². The summed E-state index contributed by atoms with van der Waals surface area (Å²) in [5, 5.41) is 4.00. The number of hydrogen-bond donors (Lipinski definition) is 2. The van der Waals surface area contributed by atoms with Crippen LogP contribution in [0, 0.1) is 34.9 Å². The number of aromatic nitrogens is 2. The van der Waals surface area contributed by atoms with Crippen LogP contribution in [0.4, 0.5) is 49.4 Å². The van der Waals surface area contributed by atoms with Gasteiger partial charge in [-0.05, 0) is 0 Å². The highest BCUT2D eigenvalue weighted by Crippen LogP contribution is 2.25. The molecule has 3 rings (SSSR count). The van der Waals surface area contributed by atoms with Gasteiger partial charge in [-0.2, -0.15) is 0 Å². The molecule has 1 aromatic heterocycles. The molecule has 0 fully saturated rings. The average Bonchev–Trinajstić information content (AvgIpc) is 2.63. The fraction of sp³-hybridized carbons (Fsp3) is 0.0588. The Morgan fingerprint density at radius 1 is 0.667 bits per heavy atom. The first-order chi connectivity index (χ1) is 13.9. The van der Waals surface area contributed by atoms with E-state index in [1.54, 1.807) is 0 Å². The van der Waals surface area contributed by atoms with Crippen molar-refractivity contribution in [1.82, 2.24) is 9.97 Å². The van der Waals surface area contributed by atoms with Gasteiger partial charge in [-0.25, -0.2) is 44.7 Å². The zero-order chi connectivity index (χ0) is 22.2. The van der Waals surface area contributed by atoms with Crippen molar-refractivity contribution in [3.8, 4) is 0 Å². The molecule has 158 valence electrons. The summed E-state index contributed by atoms with van der Waals surface area (Å²) in [5.41, 5.74) is -0.622. The smallest absolute Gasteiger partial charge is 0.250 e. The van der Waals surface area contributed by atoms with Gasteiger partial charge in [-0.1, -0.05) is 0 Å². The maximum Gasteiger partial charge on any atom is 0.250 e. The fourth-order valence-electron chi connectivity index (χ4n) is 2.27. The molecule has 0 saturated carbocycles. The van der Waals surface area contributed by atoms with Gasteiger partial charge >= 0.3 is 0 Å². The number of sulfone groups is 1. The van der Waals surface area contributed by atoms with Crippen LogP contribution < -0.4 is 10.6 Å². The first-order valence-corrected chi connectivity index (χ1v) is 9.75. The number of anilines is 4. The molecular formula is C17H10F6N4O2S. The van der Waals surface area contributed by atoms with Gasteiger partial charge in [0.1, 0.15) is 11.6 Å². The van der Waals surface area contributed by atoms with Crippen LogP contribution in [0.15, 0.2) is 35.5 Å². The zero-order valence-electron chi connectivity index (χ0n) is 14.8. The van der Waals surface area contributed by atoms with E-state index < -0.39 is 49.9 Å². The maximum absolute atomic E-state index is 13.4. The molecule has 1 heterocycles. The first kappa shape index (κ1) is 21.4. The minimum atomic E-state index is -4.00. The third kappa shape index (κ3) is 4.62. The molecule has 2 aromatic carbocycles. The lowest BCUT2D eigenvalue weighted by Gasteiger charge is -2.12. The molecule has 3 aromatic rings. The normalized spacial score (nSPS) is 11.4. The highest BCUT2D eigenvalue weighted by molar-refractivity contribution is 7.90. The standard InChI is InChI=1S/C17H10F6N4O2S/c1-30(28,29)17-26-13(24-7-2-9(18)15(22)10(19)3-7)6-14(27-17)25-8-4-11(20)16(23)12(21)5-8/h2-6H,1H3,(H2,24,25,26,27). The molecule has 30 heavy (non-hydrogen) atoms. The topological polar surface area (TPSA) is 84.0 Å². The van der Waals surface area contributed by atoms with Crippen molar-refractivity contribution < 1.29 is 34.8 Å². The molecule has 0 atom stereocenters. The lowest BCUT2D eigenvalue weighted by Crippen LogP contribution is -2.09. The second-order valence-corrected chi connectivity index (χ2v) is 7.86. The van der Waals surface area contributed by atoms with Crippen molar-refractivity contribution in [2.45, 2.75) is 5.16 Å². The summed E-state index contributed by atoms with van der Waals surface area (Å²) in [6.45, 7) is 0. The van der Waals surface area contributed by atoms with Crippen LogP contribution in [0.3, 0.4) is 0 Å². The van der Waals surface area contributed by atoms with Crippen LogP contribution in [0.25, 0.3) is 0 Å². The molecule has 0 bridgehead atoms. The molecule has 2 N–H and O–H groups in total. The van der Waals surface area contributed by atoms with E-state index in [1.165, 1.54) is 0 Å². The van der Waals surface area contributed by atoms with Gasteiger partial charge in [0.2, 0.25) is 9.84 Å². The van der Waals surface area contributed by atoms with E-state index in [0.29, 0.717) is 24.3 Å². The molecule has 6 nitrogen and oxygen atoms in total. The number of benzene rings is 2. The lowest BCUT2D eigenvalue weighted by atomic mass is 10.2. The highest BCUT2D eigenvalue weighted by Gasteiger charge is 2.17. The van der Waals surface area contributed by atoms with Gasteiger partial charge in [0, 0.05) is 48.0 Å². The molecular weight excluding hydrogens is 438 g/mol. The number of halogens is 6. The van der Waals surface area contributed by atoms with Crippen LogP contribution in [-0.2, 0) is 9.84 Å². The summed E-state index contributed by atoms with van der Waals surface area (Å²) < 4.78 is 103. The molecule has 0 spiro atoms. The average molecular weight is 448 g/mol. The van der Waals surface area contributed by atoms with Crippen LogP contribution >= 0.6 is 0 Å². The van der Waals surface area contributed by atoms with Gasteiger partial charge in [0.15, 0.2) is 34.9 Å². The second-order valence-electron chi connectivity index (χ2n) is 5.95. The largest absolute Gasteiger partial charge is 0.340 e. The number of hydrogen-bond acceptors (Lipinski definition) is 6. The van der Waals surface area contributed by atoms with Gasteiger partial charge in [0.25, 0.3) is 5.16 Å². The predicted octanol–water partition coefficient (Wildman–Crippen LogP) is 4.20. The SMILES string of the molecule is CS(=O)(=O)c1nc(Nc2cc(F)c(F)c(F)c2)cc(Nc2cc(F)c(F)c(F)c2)n1. The van der Waals surface area contributed by atoms with E-state index in [1.807, 2.05) is 0 Å². The molecule has 13 heteroatoms. The van der Waals surface area contributed by atoms with Crippen LogP contribution in [0.1, 0.15) is 0 Å². The van der Waals surface area contributed by atoms with Gasteiger partial charge in [-0.15, -0.1) is 0 Å². The Labute approximate surface area is 165 Å². The van der Waals surface area contributed by atoms with Crippen molar-refractivity contribution in [2.75, 3.05) is 16.9 Å². The Hall–Kier alpha value is -3.35. The Kier molecular flexibility index (Phi) is 5.57. The Bertz CT molecular complexity index is 1130. The molecule has 0 radical (unpaired) electrons. The van der Waals surface area contributed by atoms with Crippen LogP contribution in [0.5, 0.6) is 0 Å². The Morgan fingerprint density at radius 2 is 1.00 bits per heavy atom. The van der Waals surface area contributed by atoms with E-state index in [9.17, 15) is 34.8 Å². The van der Waals surface area contributed by atoms with E-state index in [-0.39, 0.29) is 23.0 Å². The number of nitrogens with zero attached hydrogens (tertiary/aromatic N) is 2. The van der Waals surface area contributed by atoms with Crippen molar-refractivity contribution in [3.05, 3.63) is 65.2 Å². The minimum Gasteiger partial charge on any atom is -0.340 e. The molecule has 0 saturated heterocycles. The number of rotatable bonds is 5. The van der Waals surface area contributed by atoms with Gasteiger partial charge < -0.3 is 10.6 Å². The summed E-state index contributed by atoms with van der Waals surface area (Å²) in [6, 6.07) is 3.42. The first-order valence-electron chi connectivity index (χ1n) is 7.86. The second kappa shape index (κ2) is 7.82. The summed E-state index contributed by atoms with van der Waals surface area (Å²) in [4.78, 5) is 7.35. The van der Waals surface area contributed by atoms with Crippen LogP contribution in [0.2, 0.25) is 0 Å². The maximum atomic E-state index is 13.4. The van der Waals surface area contributed by atoms with Crippen LogP contribution in [-0.4, -0.2) is 24.6 Å². The summed E-state index contributed by atoms with van der Waals surface area (Å²) >= 11 is 0. The number of nitrogens with one attached hydrogen (secondary N) is 2. The molecule has 0 unspecified atom stereocenters. The zero-order valence-corrected chi connectivity index (χ0v) is 15.6. The summed E-state index contributed by atoms with van der Waals surface area (Å²) in [7, 11) is -4.00. The highest BCUT2D eigenvalue weighted by atomic mass is 32.2. The van der Waals surface area contributed by atoms with E-state index in [0.717, 1.165) is 12.3 Å². The van der Waals surface area contributed by atoms with E-state index in [4.69, 9.17) is 0 Å². The summed E-state index contributed by atoms with van der Waals surface area (Å²) in [5.74, 6) is -10.1. The molecule has 0 aliphatic carbocycles. The Balaban J connectivity index is 2.03. The minimum absolute atomic E-state index is 0.304. The van der Waals surface area contributed by atoms with Crippen molar-refractivity contribution in [2.24, 2.45) is 0 Å². The third-order valence-corrected chi connectivity index (χ3v) is 4.40. The van der Waals surface area contributed by atoms with Crippen molar-refractivity contribution >= 4 is 32.8 Å². The monoisotopic (exact) mass is 448 g/mol. The molecule has 0 amide bonds. The van der Waals surface area contributed by atoms with Gasteiger partial charge in [0.05, 0.1) is 0 Å². The summed E-state index contributed by atoms with van der Waals surface area (Å²) in [6.07, 6.45) is 0.768. The quantitative estimate of drug-likeness (QED) is 0.346. The van der Waals surface area contributed by atoms with Crippen molar-refractivity contribution in [3.63, 3.8) is 0 Å². The fourth-order valence-corrected chi connectivity index (χ4v) is 2.80. The van der Waals surface area contributed by atoms with Gasteiger partial charge in [-0.3, -0.25) is 0 Å². The van der Waals surface area contributed by atoms with E-state index >= 15 is 0 Å².